The number of piperazine rings is 1. The summed E-state index contributed by atoms with van der Waals surface area (Å²) in [4.78, 5) is 13.2. The third-order valence-corrected chi connectivity index (χ3v) is 7.37. The second-order valence-electron chi connectivity index (χ2n) is 8.55. The molecule has 3 aromatic rings. The summed E-state index contributed by atoms with van der Waals surface area (Å²) < 4.78 is 22.8. The Labute approximate surface area is 217 Å². The normalized spacial score (nSPS) is 15.9. The van der Waals surface area contributed by atoms with Crippen LogP contribution in [0.4, 0.5) is 5.69 Å². The van der Waals surface area contributed by atoms with E-state index in [9.17, 15) is 18.7 Å². The molecule has 8 nitrogen and oxygen atoms in total. The fourth-order valence-electron chi connectivity index (χ4n) is 4.27. The molecule has 0 spiro atoms. The monoisotopic (exact) mass is 527 g/mol. The Morgan fingerprint density at radius 3 is 2.33 bits per heavy atom. The molecule has 3 N–H and O–H groups in total. The van der Waals surface area contributed by atoms with Gasteiger partial charge >= 0.3 is 5.97 Å². The van der Waals surface area contributed by atoms with E-state index in [0.717, 1.165) is 27.6 Å². The number of anilines is 1. The van der Waals surface area contributed by atoms with Crippen molar-refractivity contribution in [3.8, 4) is 17.6 Å². The van der Waals surface area contributed by atoms with Crippen molar-refractivity contribution in [3.05, 3.63) is 70.7 Å². The molecule has 10 heteroatoms. The molecule has 1 aliphatic heterocycles. The van der Waals surface area contributed by atoms with Gasteiger partial charge in [-0.3, -0.25) is 9.35 Å². The van der Waals surface area contributed by atoms with Gasteiger partial charge in [0.2, 0.25) is 11.3 Å². The Hall–Kier alpha value is -3.13. The van der Waals surface area contributed by atoms with Crippen molar-refractivity contribution >= 4 is 45.3 Å². The molecule has 1 fully saturated rings. The number of carboxylic acid groups (broad SMARTS) is 1. The van der Waals surface area contributed by atoms with Crippen molar-refractivity contribution in [2.24, 2.45) is 0 Å². The Morgan fingerprint density at radius 2 is 1.69 bits per heavy atom. The average Bonchev–Trinajstić information content (AvgIpc) is 2.85. The van der Waals surface area contributed by atoms with E-state index >= 15 is 0 Å². The first-order valence-corrected chi connectivity index (χ1v) is 12.8. The number of carboxylic acids is 1. The Kier molecular flexibility index (Phi) is 8.14. The van der Waals surface area contributed by atoms with E-state index in [-0.39, 0.29) is 12.2 Å². The molecule has 4 rings (SSSR count). The molecule has 0 amide bonds. The van der Waals surface area contributed by atoms with Crippen LogP contribution in [-0.2, 0) is 16.1 Å². The number of benzene rings is 3. The van der Waals surface area contributed by atoms with Crippen LogP contribution in [0.25, 0.3) is 10.8 Å². The van der Waals surface area contributed by atoms with Crippen molar-refractivity contribution in [2.75, 3.05) is 31.1 Å². The van der Waals surface area contributed by atoms with Gasteiger partial charge in [0, 0.05) is 54.4 Å². The topological polar surface area (TPSA) is 105 Å². The number of rotatable bonds is 6. The molecule has 0 radical (unpaired) electrons. The van der Waals surface area contributed by atoms with Crippen LogP contribution in [-0.4, -0.2) is 66.6 Å². The third-order valence-electron chi connectivity index (χ3n) is 6.06. The summed E-state index contributed by atoms with van der Waals surface area (Å²) in [5.74, 6) is 5.38. The SMILES string of the molecule is CC(CC(=O)O)N(N1CCN(c2ccc(C#Cc3ccc4c(Cl)c(O)ccc4c3)cc2)CC1)S(=O)O. The highest BCUT2D eigenvalue weighted by Crippen LogP contribution is 2.32. The summed E-state index contributed by atoms with van der Waals surface area (Å²) in [6.07, 6.45) is -0.217. The molecule has 1 heterocycles. The van der Waals surface area contributed by atoms with Gasteiger partial charge in [-0.2, -0.15) is 0 Å². The quantitative estimate of drug-likeness (QED) is 0.329. The summed E-state index contributed by atoms with van der Waals surface area (Å²) >= 11 is 3.87. The highest BCUT2D eigenvalue weighted by Gasteiger charge is 2.30. The second kappa shape index (κ2) is 11.3. The number of nitrogens with zero attached hydrogens (tertiary/aromatic N) is 3. The Morgan fingerprint density at radius 1 is 1.06 bits per heavy atom. The molecule has 2 unspecified atom stereocenters. The van der Waals surface area contributed by atoms with Gasteiger partial charge in [-0.05, 0) is 54.8 Å². The van der Waals surface area contributed by atoms with E-state index in [0.29, 0.717) is 31.2 Å². The first-order valence-electron chi connectivity index (χ1n) is 11.4. The van der Waals surface area contributed by atoms with E-state index in [2.05, 4.69) is 16.7 Å². The van der Waals surface area contributed by atoms with Crippen molar-refractivity contribution in [2.45, 2.75) is 19.4 Å². The standard InChI is InChI=1S/C26H26ClN3O5S/c1-18(16-25(32)33)30(36(34)35)29-14-12-28(13-15-29)22-8-4-19(5-9-22)2-3-20-6-10-23-21(17-20)7-11-24(31)26(23)27/h4-11,17-18,31H,12-16H2,1H3,(H,32,33)(H,34,35). The summed E-state index contributed by atoms with van der Waals surface area (Å²) in [5.41, 5.74) is 2.73. The van der Waals surface area contributed by atoms with Gasteiger partial charge in [-0.15, -0.1) is 4.41 Å². The van der Waals surface area contributed by atoms with E-state index in [4.69, 9.17) is 16.7 Å². The molecule has 0 aromatic heterocycles. The maximum atomic E-state index is 11.8. The molecule has 2 atom stereocenters. The van der Waals surface area contributed by atoms with Crippen LogP contribution in [0.2, 0.25) is 5.02 Å². The smallest absolute Gasteiger partial charge is 0.305 e. The van der Waals surface area contributed by atoms with Gasteiger partial charge < -0.3 is 15.1 Å². The van der Waals surface area contributed by atoms with Crippen LogP contribution in [0.15, 0.2) is 54.6 Å². The lowest BCUT2D eigenvalue weighted by Crippen LogP contribution is -2.57. The van der Waals surface area contributed by atoms with Gasteiger partial charge in [0.15, 0.2) is 0 Å². The third kappa shape index (κ3) is 5.98. The van der Waals surface area contributed by atoms with Crippen molar-refractivity contribution in [1.82, 2.24) is 9.42 Å². The van der Waals surface area contributed by atoms with E-state index in [1.165, 1.54) is 4.41 Å². The van der Waals surface area contributed by atoms with Gasteiger partial charge in [0.05, 0.1) is 11.4 Å². The number of phenolic OH excluding ortho intramolecular Hbond substituents is 1. The highest BCUT2D eigenvalue weighted by molar-refractivity contribution is 7.76. The molecule has 1 saturated heterocycles. The molecular weight excluding hydrogens is 502 g/mol. The molecule has 0 aliphatic carbocycles. The molecule has 0 bridgehead atoms. The summed E-state index contributed by atoms with van der Waals surface area (Å²) in [6, 6.07) is 16.3. The van der Waals surface area contributed by atoms with Crippen LogP contribution in [0.5, 0.6) is 5.75 Å². The largest absolute Gasteiger partial charge is 0.506 e. The number of carbonyl (C=O) groups is 1. The zero-order valence-corrected chi connectivity index (χ0v) is 21.2. The van der Waals surface area contributed by atoms with Gasteiger partial charge in [-0.25, -0.2) is 9.22 Å². The van der Waals surface area contributed by atoms with Crippen molar-refractivity contribution < 1.29 is 23.8 Å². The molecular formula is C26H26ClN3O5S. The lowest BCUT2D eigenvalue weighted by atomic mass is 10.1. The zero-order chi connectivity index (χ0) is 25.8. The van der Waals surface area contributed by atoms with Crippen LogP contribution in [0.1, 0.15) is 24.5 Å². The molecule has 3 aromatic carbocycles. The maximum Gasteiger partial charge on any atom is 0.305 e. The first-order chi connectivity index (χ1) is 17.2. The average molecular weight is 528 g/mol. The lowest BCUT2D eigenvalue weighted by molar-refractivity contribution is -0.139. The number of halogens is 1. The minimum Gasteiger partial charge on any atom is -0.506 e. The van der Waals surface area contributed by atoms with E-state index in [1.807, 2.05) is 42.5 Å². The number of fused-ring (bicyclic) bond motifs is 1. The van der Waals surface area contributed by atoms with E-state index < -0.39 is 23.3 Å². The number of aliphatic carboxylic acids is 1. The summed E-state index contributed by atoms with van der Waals surface area (Å²) in [5, 5.41) is 22.5. The Balaban J connectivity index is 1.39. The minimum atomic E-state index is -2.29. The van der Waals surface area contributed by atoms with Crippen molar-refractivity contribution in [1.29, 1.82) is 0 Å². The molecule has 188 valence electrons. The lowest BCUT2D eigenvalue weighted by Gasteiger charge is -2.41. The fourth-order valence-corrected chi connectivity index (χ4v) is 5.25. The van der Waals surface area contributed by atoms with E-state index in [1.54, 1.807) is 24.1 Å². The number of phenols is 1. The van der Waals surface area contributed by atoms with Crippen LogP contribution in [0, 0.1) is 11.8 Å². The van der Waals surface area contributed by atoms with Crippen molar-refractivity contribution in [3.63, 3.8) is 0 Å². The van der Waals surface area contributed by atoms with Gasteiger partial charge in [-0.1, -0.05) is 35.6 Å². The number of hydrogen-bond acceptors (Lipinski definition) is 5. The van der Waals surface area contributed by atoms with Crippen LogP contribution < -0.4 is 4.90 Å². The predicted octanol–water partition coefficient (Wildman–Crippen LogP) is 3.94. The maximum absolute atomic E-state index is 11.8. The predicted molar refractivity (Wildman–Crippen MR) is 141 cm³/mol. The summed E-state index contributed by atoms with van der Waals surface area (Å²) in [7, 11) is 0. The van der Waals surface area contributed by atoms with Gasteiger partial charge in [0.1, 0.15) is 5.75 Å². The zero-order valence-electron chi connectivity index (χ0n) is 19.6. The molecule has 1 aliphatic rings. The minimum absolute atomic E-state index is 0.0536. The number of hydrazine groups is 1. The van der Waals surface area contributed by atoms with Crippen LogP contribution >= 0.6 is 11.6 Å². The fraction of sp³-hybridized carbons (Fsp3) is 0.269. The summed E-state index contributed by atoms with van der Waals surface area (Å²) in [6.45, 7) is 3.90. The first kappa shape index (κ1) is 25.9. The second-order valence-corrected chi connectivity index (χ2v) is 9.77. The Bertz CT molecular complexity index is 1350. The highest BCUT2D eigenvalue weighted by atomic mass is 35.5. The number of hydrogen-bond donors (Lipinski definition) is 3. The molecule has 0 saturated carbocycles. The van der Waals surface area contributed by atoms with Crippen LogP contribution in [0.3, 0.4) is 0 Å². The number of aromatic hydroxyl groups is 1. The molecule has 36 heavy (non-hydrogen) atoms. The van der Waals surface area contributed by atoms with Gasteiger partial charge in [0.25, 0.3) is 0 Å².